The van der Waals surface area contributed by atoms with Crippen molar-refractivity contribution in [2.45, 2.75) is 18.7 Å². The van der Waals surface area contributed by atoms with E-state index in [9.17, 15) is 0 Å². The third-order valence-corrected chi connectivity index (χ3v) is 2.19. The van der Waals surface area contributed by atoms with E-state index >= 15 is 0 Å². The fourth-order valence-electron chi connectivity index (χ4n) is 1.14. The van der Waals surface area contributed by atoms with E-state index in [0.717, 1.165) is 6.42 Å². The molecule has 0 aliphatic heterocycles. The van der Waals surface area contributed by atoms with E-state index in [1.807, 2.05) is 18.2 Å². The Morgan fingerprint density at radius 3 is 2.67 bits per heavy atom. The molecule has 0 aliphatic rings. The van der Waals surface area contributed by atoms with Crippen LogP contribution in [0.5, 0.6) is 0 Å². The highest BCUT2D eigenvalue weighted by molar-refractivity contribution is 6.20. The van der Waals surface area contributed by atoms with Crippen molar-refractivity contribution in [3.05, 3.63) is 35.4 Å². The number of benzene rings is 1. The van der Waals surface area contributed by atoms with Crippen molar-refractivity contribution in [1.82, 2.24) is 0 Å². The fourth-order valence-corrected chi connectivity index (χ4v) is 1.31. The van der Waals surface area contributed by atoms with Gasteiger partial charge in [-0.05, 0) is 24.5 Å². The first kappa shape index (κ1) is 9.56. The summed E-state index contributed by atoms with van der Waals surface area (Å²) in [5, 5.41) is 8.59. The van der Waals surface area contributed by atoms with Crippen molar-refractivity contribution in [2.24, 2.45) is 0 Å². The Kier molecular flexibility index (Phi) is 3.57. The van der Waals surface area contributed by atoms with Crippen LogP contribution in [0.25, 0.3) is 0 Å². The van der Waals surface area contributed by atoms with Gasteiger partial charge in [0.05, 0.1) is 12.0 Å². The summed E-state index contributed by atoms with van der Waals surface area (Å²) in [6.07, 6.45) is 0.741. The lowest BCUT2D eigenvalue weighted by atomic mass is 10.0. The van der Waals surface area contributed by atoms with Gasteiger partial charge in [-0.2, -0.15) is 0 Å². The molecular formula is C10H13ClO. The van der Waals surface area contributed by atoms with Crippen LogP contribution in [0, 0.1) is 6.92 Å². The van der Waals surface area contributed by atoms with Crippen molar-refractivity contribution in [3.63, 3.8) is 0 Å². The SMILES string of the molecule is Cc1ccccc1C[C@H](Cl)CO. The summed E-state index contributed by atoms with van der Waals surface area (Å²) in [4.78, 5) is 0. The molecule has 1 nitrogen and oxygen atoms in total. The number of halogens is 1. The van der Waals surface area contributed by atoms with Crippen LogP contribution in [0.1, 0.15) is 11.1 Å². The van der Waals surface area contributed by atoms with Crippen LogP contribution < -0.4 is 0 Å². The van der Waals surface area contributed by atoms with Crippen LogP contribution >= 0.6 is 11.6 Å². The molecule has 0 bridgehead atoms. The molecule has 12 heavy (non-hydrogen) atoms. The van der Waals surface area contributed by atoms with Crippen LogP contribution in [-0.4, -0.2) is 17.1 Å². The van der Waals surface area contributed by atoms with E-state index in [1.165, 1.54) is 11.1 Å². The van der Waals surface area contributed by atoms with Gasteiger partial charge in [0.2, 0.25) is 0 Å². The number of hydrogen-bond acceptors (Lipinski definition) is 1. The molecule has 0 unspecified atom stereocenters. The molecular weight excluding hydrogens is 172 g/mol. The van der Waals surface area contributed by atoms with Gasteiger partial charge in [-0.15, -0.1) is 11.6 Å². The Morgan fingerprint density at radius 1 is 1.42 bits per heavy atom. The van der Waals surface area contributed by atoms with Gasteiger partial charge in [-0.1, -0.05) is 24.3 Å². The fraction of sp³-hybridized carbons (Fsp3) is 0.400. The average Bonchev–Trinajstić information content (AvgIpc) is 2.09. The van der Waals surface area contributed by atoms with Gasteiger partial charge < -0.3 is 5.11 Å². The molecule has 0 saturated heterocycles. The third kappa shape index (κ3) is 2.50. The quantitative estimate of drug-likeness (QED) is 0.714. The number of alkyl halides is 1. The highest BCUT2D eigenvalue weighted by atomic mass is 35.5. The largest absolute Gasteiger partial charge is 0.395 e. The minimum atomic E-state index is -0.161. The smallest absolute Gasteiger partial charge is 0.0607 e. The van der Waals surface area contributed by atoms with Gasteiger partial charge in [-0.25, -0.2) is 0 Å². The van der Waals surface area contributed by atoms with Gasteiger partial charge in [0, 0.05) is 0 Å². The summed E-state index contributed by atoms with van der Waals surface area (Å²) >= 11 is 5.82. The zero-order chi connectivity index (χ0) is 8.97. The Bertz CT molecular complexity index is 247. The minimum absolute atomic E-state index is 0.0376. The summed E-state index contributed by atoms with van der Waals surface area (Å²) in [5.74, 6) is 0. The third-order valence-electron chi connectivity index (χ3n) is 1.90. The van der Waals surface area contributed by atoms with E-state index in [-0.39, 0.29) is 12.0 Å². The summed E-state index contributed by atoms with van der Waals surface area (Å²) in [6.45, 7) is 2.09. The first-order chi connectivity index (χ1) is 5.74. The Balaban J connectivity index is 2.69. The van der Waals surface area contributed by atoms with Crippen LogP contribution in [0.4, 0.5) is 0 Å². The monoisotopic (exact) mass is 184 g/mol. The molecule has 1 rings (SSSR count). The van der Waals surface area contributed by atoms with E-state index in [1.54, 1.807) is 0 Å². The lowest BCUT2D eigenvalue weighted by molar-refractivity contribution is 0.292. The zero-order valence-corrected chi connectivity index (χ0v) is 7.88. The summed E-state index contributed by atoms with van der Waals surface area (Å²) in [6, 6.07) is 8.08. The molecule has 0 aliphatic carbocycles. The molecule has 0 aromatic heterocycles. The van der Waals surface area contributed by atoms with Gasteiger partial charge in [0.25, 0.3) is 0 Å². The van der Waals surface area contributed by atoms with Gasteiger partial charge in [0.1, 0.15) is 0 Å². The highest BCUT2D eigenvalue weighted by Crippen LogP contribution is 2.12. The predicted molar refractivity (Wildman–Crippen MR) is 51.6 cm³/mol. The lowest BCUT2D eigenvalue weighted by Gasteiger charge is -2.07. The highest BCUT2D eigenvalue weighted by Gasteiger charge is 2.05. The summed E-state index contributed by atoms with van der Waals surface area (Å²) < 4.78 is 0. The van der Waals surface area contributed by atoms with Crippen molar-refractivity contribution >= 4 is 11.6 Å². The van der Waals surface area contributed by atoms with E-state index in [0.29, 0.717) is 0 Å². The molecule has 66 valence electrons. The molecule has 0 radical (unpaired) electrons. The van der Waals surface area contributed by atoms with Crippen molar-refractivity contribution < 1.29 is 5.11 Å². The molecule has 2 heteroatoms. The summed E-state index contributed by atoms with van der Waals surface area (Å²) in [5.41, 5.74) is 2.45. The van der Waals surface area contributed by atoms with Crippen LogP contribution in [0.3, 0.4) is 0 Å². The summed E-state index contributed by atoms with van der Waals surface area (Å²) in [7, 11) is 0. The zero-order valence-electron chi connectivity index (χ0n) is 7.13. The van der Waals surface area contributed by atoms with Crippen molar-refractivity contribution in [1.29, 1.82) is 0 Å². The number of aryl methyl sites for hydroxylation is 1. The molecule has 1 N–H and O–H groups in total. The standard InChI is InChI=1S/C10H13ClO/c1-8-4-2-3-5-9(8)6-10(11)7-12/h2-5,10,12H,6-7H2,1H3/t10-/m0/s1. The van der Waals surface area contributed by atoms with E-state index < -0.39 is 0 Å². The van der Waals surface area contributed by atoms with Gasteiger partial charge in [-0.3, -0.25) is 0 Å². The molecule has 0 saturated carbocycles. The molecule has 1 aromatic carbocycles. The first-order valence-electron chi connectivity index (χ1n) is 4.03. The van der Waals surface area contributed by atoms with Crippen LogP contribution in [0.15, 0.2) is 24.3 Å². The normalized spacial score (nSPS) is 12.9. The number of aliphatic hydroxyl groups excluding tert-OH is 1. The van der Waals surface area contributed by atoms with E-state index in [2.05, 4.69) is 13.0 Å². The number of hydrogen-bond donors (Lipinski definition) is 1. The second kappa shape index (κ2) is 4.48. The number of aliphatic hydroxyl groups is 1. The van der Waals surface area contributed by atoms with Crippen LogP contribution in [-0.2, 0) is 6.42 Å². The molecule has 1 atom stereocenters. The molecule has 0 spiro atoms. The minimum Gasteiger partial charge on any atom is -0.395 e. The second-order valence-electron chi connectivity index (χ2n) is 2.91. The second-order valence-corrected chi connectivity index (χ2v) is 3.53. The molecule has 1 aromatic rings. The van der Waals surface area contributed by atoms with Gasteiger partial charge in [0.15, 0.2) is 0 Å². The lowest BCUT2D eigenvalue weighted by Crippen LogP contribution is -2.09. The maximum atomic E-state index is 8.76. The average molecular weight is 185 g/mol. The Morgan fingerprint density at radius 2 is 2.08 bits per heavy atom. The van der Waals surface area contributed by atoms with Gasteiger partial charge >= 0.3 is 0 Å². The molecule has 0 amide bonds. The molecule has 0 fully saturated rings. The maximum Gasteiger partial charge on any atom is 0.0607 e. The maximum absolute atomic E-state index is 8.76. The predicted octanol–water partition coefficient (Wildman–Crippen LogP) is 2.14. The van der Waals surface area contributed by atoms with Crippen molar-refractivity contribution in [2.75, 3.05) is 6.61 Å². The van der Waals surface area contributed by atoms with E-state index in [4.69, 9.17) is 16.7 Å². The van der Waals surface area contributed by atoms with Crippen LogP contribution in [0.2, 0.25) is 0 Å². The number of rotatable bonds is 3. The Hall–Kier alpha value is -0.530. The molecule has 0 heterocycles. The van der Waals surface area contributed by atoms with Crippen molar-refractivity contribution in [3.8, 4) is 0 Å². The first-order valence-corrected chi connectivity index (χ1v) is 4.47. The Labute approximate surface area is 78.0 Å². The topological polar surface area (TPSA) is 20.2 Å².